The summed E-state index contributed by atoms with van der Waals surface area (Å²) >= 11 is 0. The van der Waals surface area contributed by atoms with Crippen molar-refractivity contribution in [3.63, 3.8) is 0 Å². The van der Waals surface area contributed by atoms with Gasteiger partial charge in [0.25, 0.3) is 0 Å². The molecule has 0 aliphatic heterocycles. The Morgan fingerprint density at radius 1 is 0.190 bits per heavy atom. The van der Waals surface area contributed by atoms with Crippen LogP contribution in [0.25, 0.3) is 0 Å². The molecule has 42 heavy (non-hydrogen) atoms. The van der Waals surface area contributed by atoms with Crippen molar-refractivity contribution in [3.8, 4) is 0 Å². The zero-order valence-corrected chi connectivity index (χ0v) is 24.2. The summed E-state index contributed by atoms with van der Waals surface area (Å²) < 4.78 is 0. The molecule has 0 aromatic carbocycles. The van der Waals surface area contributed by atoms with Crippen LogP contribution in [0.3, 0.4) is 0 Å². The molecule has 0 bridgehead atoms. The summed E-state index contributed by atoms with van der Waals surface area (Å²) in [5.41, 5.74) is -1.13. The van der Waals surface area contributed by atoms with Crippen LogP contribution in [0.4, 0.5) is 0 Å². The van der Waals surface area contributed by atoms with E-state index >= 15 is 0 Å². The second-order valence-electron chi connectivity index (χ2n) is 11.5. The van der Waals surface area contributed by atoms with Crippen LogP contribution < -0.4 is 0 Å². The van der Waals surface area contributed by atoms with E-state index in [2.05, 4.69) is 0 Å². The van der Waals surface area contributed by atoms with E-state index in [1.54, 1.807) is 0 Å². The van der Waals surface area contributed by atoms with Gasteiger partial charge in [-0.25, -0.2) is 0 Å². The van der Waals surface area contributed by atoms with Crippen molar-refractivity contribution in [3.05, 3.63) is 0 Å². The third-order valence-electron chi connectivity index (χ3n) is 8.44. The maximum atomic E-state index is 6.45. The second-order valence-corrected chi connectivity index (χ2v) is 11.5. The zero-order chi connectivity index (χ0) is 33.5. The fourth-order valence-corrected chi connectivity index (χ4v) is 6.93. The lowest BCUT2D eigenvalue weighted by atomic mass is 8.38. The van der Waals surface area contributed by atoms with Gasteiger partial charge in [-0.1, -0.05) is 0 Å². The number of rotatable bonds is 19. The van der Waals surface area contributed by atoms with Gasteiger partial charge in [0, 0.05) is 292 Å². The van der Waals surface area contributed by atoms with Crippen LogP contribution in [0.5, 0.6) is 0 Å². The summed E-state index contributed by atoms with van der Waals surface area (Å²) in [4.78, 5) is 0. The van der Waals surface area contributed by atoms with Crippen LogP contribution in [0, 0.1) is 0 Å². The average molecular weight is 456 g/mol. The molecule has 0 aromatic rings. The third kappa shape index (κ3) is 12.0. The van der Waals surface area contributed by atoms with Crippen molar-refractivity contribution < 1.29 is 0 Å². The summed E-state index contributed by atoms with van der Waals surface area (Å²) in [5, 5.41) is 0. The maximum absolute atomic E-state index is 6.45. The third-order valence-corrected chi connectivity index (χ3v) is 8.44. The summed E-state index contributed by atoms with van der Waals surface area (Å²) in [6.07, 6.45) is -19.0. The highest BCUT2D eigenvalue weighted by Crippen LogP contribution is 2.30. The Bertz CT molecular complexity index is 570. The molecule has 0 aromatic heterocycles. The predicted molar refractivity (Wildman–Crippen MR) is 240 cm³/mol. The van der Waals surface area contributed by atoms with Crippen molar-refractivity contribution in [1.82, 2.24) is 0 Å². The first-order chi connectivity index (χ1) is 19.0. The van der Waals surface area contributed by atoms with Crippen LogP contribution in [0.2, 0.25) is 5.62 Å². The lowest BCUT2D eigenvalue weighted by Gasteiger charge is -2.56. The standard InChI is InChI=1S/CHB41/c2-27(3)24(38(28(4)5)29(6)7)1(25(39(30(8)9)31(10)11)40(32(12)13)33(14)15)26(41(34(16)17)35(18)19)42(36(20)21)37(22)23/h1H. The minimum atomic E-state index is -1.30. The first kappa shape index (κ1) is 44.7. The van der Waals surface area contributed by atoms with Crippen LogP contribution in [-0.4, -0.2) is 292 Å². The molecule has 0 heterocycles. The summed E-state index contributed by atoms with van der Waals surface area (Å²) in [6.45, 7) is -3.32. The van der Waals surface area contributed by atoms with Gasteiger partial charge < -0.3 is 0 Å². The lowest BCUT2D eigenvalue weighted by molar-refractivity contribution is 1.80. The Balaban J connectivity index is 8.59. The molecule has 128 valence electrons. The Hall–Kier alpha value is 2.66. The predicted octanol–water partition coefficient (Wildman–Crippen LogP) is -15.3. The Morgan fingerprint density at radius 2 is 0.333 bits per heavy atom. The molecule has 0 saturated carbocycles. The van der Waals surface area contributed by atoms with Gasteiger partial charge in [-0.2, -0.15) is 0 Å². The molecular weight excluding hydrogens is 455 g/mol. The Morgan fingerprint density at radius 3 is 0.452 bits per heavy atom. The first-order valence-corrected chi connectivity index (χ1v) is 13.7. The van der Waals surface area contributed by atoms with E-state index in [1.807, 2.05) is 0 Å². The van der Waals surface area contributed by atoms with Crippen molar-refractivity contribution in [1.29, 1.82) is 0 Å². The average Bonchev–Trinajstić information content (AvgIpc) is 2.75. The van der Waals surface area contributed by atoms with Gasteiger partial charge in [0.05, 0.1) is 0 Å². The topological polar surface area (TPSA) is 0 Å². The molecule has 41 heteroatoms. The second kappa shape index (κ2) is 20.2. The minimum absolute atomic E-state index is 1.06. The van der Waals surface area contributed by atoms with Gasteiger partial charge in [-0.3, -0.25) is 0 Å². The van der Waals surface area contributed by atoms with Gasteiger partial charge in [0.15, 0.2) is 0 Å². The molecule has 0 amide bonds. The van der Waals surface area contributed by atoms with Gasteiger partial charge in [0.1, 0.15) is 0 Å². The minimum Gasteiger partial charge on any atom is -0.146 e. The largest absolute Gasteiger partial charge is 0.146 e. The fourth-order valence-electron chi connectivity index (χ4n) is 6.93. The monoisotopic (exact) mass is 464 g/mol. The summed E-state index contributed by atoms with van der Waals surface area (Å²) in [7, 11) is 138. The lowest BCUT2D eigenvalue weighted by Crippen LogP contribution is -2.86. The normalized spacial score (nSPS) is 9.83. The SMILES string of the molecule is [B]B([B])B(B([B])[B])B(B([B])[B])C(B(B(B([B])[B])B([B])[B])B(B([B])[B])B([B])[B])B(B(B([B])[B])B([B])[B])B(B([B])[B])B([B])[B]. The van der Waals surface area contributed by atoms with Crippen LogP contribution in [-0.2, 0) is 0 Å². The first-order valence-electron chi connectivity index (χ1n) is 13.7. The van der Waals surface area contributed by atoms with E-state index in [0.29, 0.717) is 0 Å². The molecule has 0 spiro atoms. The molecule has 0 N–H and O–H groups in total. The van der Waals surface area contributed by atoms with Crippen molar-refractivity contribution in [2.75, 3.05) is 0 Å². The zero-order valence-electron chi connectivity index (χ0n) is 24.2. The van der Waals surface area contributed by atoms with Gasteiger partial charge >= 0.3 is 0 Å². The van der Waals surface area contributed by atoms with Gasteiger partial charge in [-0.05, 0) is 0 Å². The molecule has 0 atom stereocenters. The molecule has 0 unspecified atom stereocenters. The Labute approximate surface area is 295 Å². The highest BCUT2D eigenvalue weighted by molar-refractivity contribution is 8.15. The highest BCUT2D eigenvalue weighted by atomic mass is 13.7. The van der Waals surface area contributed by atoms with Crippen LogP contribution in [0.15, 0.2) is 0 Å². The quantitative estimate of drug-likeness (QED) is 0.170. The van der Waals surface area contributed by atoms with E-state index in [-0.39, 0.29) is 0 Å². The molecule has 0 rings (SSSR count). The van der Waals surface area contributed by atoms with Crippen molar-refractivity contribution >= 4 is 292 Å². The van der Waals surface area contributed by atoms with Crippen molar-refractivity contribution in [2.24, 2.45) is 0 Å². The maximum Gasteiger partial charge on any atom is 0.0294 e. The van der Waals surface area contributed by atoms with E-state index in [0.717, 1.165) is 0 Å². The molecular formula is CHB41. The van der Waals surface area contributed by atoms with Gasteiger partial charge in [0.2, 0.25) is 0 Å². The molecule has 0 aliphatic carbocycles. The van der Waals surface area contributed by atoms with Crippen LogP contribution in [0.1, 0.15) is 0 Å². The number of hydrogen-bond acceptors (Lipinski definition) is 0. The summed E-state index contributed by atoms with van der Waals surface area (Å²) in [6, 6.07) is 0. The van der Waals surface area contributed by atoms with E-state index in [1.165, 1.54) is 0 Å². The van der Waals surface area contributed by atoms with Crippen molar-refractivity contribution in [2.45, 2.75) is 5.62 Å². The number of hydrogen-bond donors (Lipinski definition) is 0. The van der Waals surface area contributed by atoms with E-state index in [9.17, 15) is 0 Å². The van der Waals surface area contributed by atoms with Crippen LogP contribution >= 0.6 is 0 Å². The highest BCUT2D eigenvalue weighted by Gasteiger charge is 2.56. The van der Waals surface area contributed by atoms with Gasteiger partial charge in [-0.15, -0.1) is 5.62 Å². The smallest absolute Gasteiger partial charge is 0.0294 e. The molecule has 44 radical (unpaired) electrons. The molecule has 0 nitrogen and oxygen atoms in total. The molecule has 0 aliphatic rings. The Kier molecular flexibility index (Phi) is 21.5. The van der Waals surface area contributed by atoms with E-state index < -0.39 is 127 Å². The molecule has 0 fully saturated rings. The fraction of sp³-hybridized carbons (Fsp3) is 1.00. The molecule has 0 saturated heterocycles. The summed E-state index contributed by atoms with van der Waals surface area (Å²) in [5.74, 6) is 0. The van der Waals surface area contributed by atoms with E-state index in [4.69, 9.17) is 170 Å².